The number of para-hydroxylation sites is 1. The molecule has 0 atom stereocenters. The van der Waals surface area contributed by atoms with Crippen molar-refractivity contribution in [1.29, 1.82) is 0 Å². The lowest BCUT2D eigenvalue weighted by Gasteiger charge is -2.27. The number of aliphatic hydroxyl groups is 1. The van der Waals surface area contributed by atoms with Gasteiger partial charge in [-0.15, -0.1) is 0 Å². The Kier molecular flexibility index (Phi) is 6.99. The molecule has 6 nitrogen and oxygen atoms in total. The lowest BCUT2D eigenvalue weighted by atomic mass is 9.92. The van der Waals surface area contributed by atoms with Gasteiger partial charge in [0, 0.05) is 18.3 Å². The molecule has 0 aliphatic heterocycles. The second kappa shape index (κ2) is 9.65. The Balaban J connectivity index is 1.68. The molecule has 1 fully saturated rings. The SMILES string of the molecule is COc1cc(CNC(=O)c2ccccc2NC2CCC(O)CC2)cc(C)c1OC. The van der Waals surface area contributed by atoms with Gasteiger partial charge in [0.15, 0.2) is 11.5 Å². The minimum absolute atomic E-state index is 0.128. The first-order valence-electron chi connectivity index (χ1n) is 10.0. The van der Waals surface area contributed by atoms with Crippen molar-refractivity contribution < 1.29 is 19.4 Å². The molecule has 1 amide bonds. The van der Waals surface area contributed by atoms with E-state index in [4.69, 9.17) is 9.47 Å². The quantitative estimate of drug-likeness (QED) is 0.663. The van der Waals surface area contributed by atoms with Crippen LogP contribution in [0.1, 0.15) is 47.2 Å². The van der Waals surface area contributed by atoms with Crippen LogP contribution >= 0.6 is 0 Å². The van der Waals surface area contributed by atoms with E-state index in [0.29, 0.717) is 23.6 Å². The number of carbonyl (C=O) groups is 1. The molecule has 1 aliphatic carbocycles. The van der Waals surface area contributed by atoms with E-state index >= 15 is 0 Å². The number of aryl methyl sites for hydroxylation is 1. The number of amides is 1. The normalized spacial score (nSPS) is 18.8. The van der Waals surface area contributed by atoms with Gasteiger partial charge in [-0.2, -0.15) is 0 Å². The topological polar surface area (TPSA) is 79.8 Å². The summed E-state index contributed by atoms with van der Waals surface area (Å²) in [7, 11) is 3.22. The van der Waals surface area contributed by atoms with Crippen LogP contribution in [0.2, 0.25) is 0 Å². The maximum Gasteiger partial charge on any atom is 0.253 e. The maximum absolute atomic E-state index is 12.8. The van der Waals surface area contributed by atoms with Gasteiger partial charge in [0.25, 0.3) is 5.91 Å². The molecule has 3 rings (SSSR count). The first kappa shape index (κ1) is 21.0. The number of aliphatic hydroxyl groups excluding tert-OH is 1. The van der Waals surface area contributed by atoms with E-state index in [-0.39, 0.29) is 18.1 Å². The van der Waals surface area contributed by atoms with Crippen molar-refractivity contribution in [2.75, 3.05) is 19.5 Å². The van der Waals surface area contributed by atoms with Crippen LogP contribution in [0.15, 0.2) is 36.4 Å². The average molecular weight is 399 g/mol. The predicted octanol–water partition coefficient (Wildman–Crippen LogP) is 3.66. The van der Waals surface area contributed by atoms with Gasteiger partial charge in [-0.05, 0) is 61.9 Å². The number of ether oxygens (including phenoxy) is 2. The fraction of sp³-hybridized carbons (Fsp3) is 0.435. The fourth-order valence-electron chi connectivity index (χ4n) is 3.85. The molecule has 29 heavy (non-hydrogen) atoms. The summed E-state index contributed by atoms with van der Waals surface area (Å²) in [4.78, 5) is 12.8. The molecule has 156 valence electrons. The van der Waals surface area contributed by atoms with Crippen LogP contribution in [0.5, 0.6) is 11.5 Å². The van der Waals surface area contributed by atoms with Crippen molar-refractivity contribution in [2.45, 2.75) is 51.3 Å². The van der Waals surface area contributed by atoms with Crippen molar-refractivity contribution in [3.8, 4) is 11.5 Å². The number of hydrogen-bond acceptors (Lipinski definition) is 5. The molecule has 0 aromatic heterocycles. The van der Waals surface area contributed by atoms with E-state index in [9.17, 15) is 9.90 Å². The number of benzene rings is 2. The van der Waals surface area contributed by atoms with Crippen LogP contribution in [0.25, 0.3) is 0 Å². The molecule has 0 bridgehead atoms. The van der Waals surface area contributed by atoms with Crippen molar-refractivity contribution >= 4 is 11.6 Å². The molecular formula is C23H30N2O4. The Morgan fingerprint density at radius 2 is 1.83 bits per heavy atom. The Labute approximate surface area is 172 Å². The van der Waals surface area contributed by atoms with Gasteiger partial charge in [-0.3, -0.25) is 4.79 Å². The highest BCUT2D eigenvalue weighted by Crippen LogP contribution is 2.32. The van der Waals surface area contributed by atoms with Gasteiger partial charge in [0.2, 0.25) is 0 Å². The predicted molar refractivity (Wildman–Crippen MR) is 114 cm³/mol. The van der Waals surface area contributed by atoms with Crippen molar-refractivity contribution in [2.24, 2.45) is 0 Å². The smallest absolute Gasteiger partial charge is 0.253 e. The van der Waals surface area contributed by atoms with Crippen LogP contribution in [0.4, 0.5) is 5.69 Å². The fourth-order valence-corrected chi connectivity index (χ4v) is 3.85. The molecule has 0 spiro atoms. The largest absolute Gasteiger partial charge is 0.493 e. The Hall–Kier alpha value is -2.73. The summed E-state index contributed by atoms with van der Waals surface area (Å²) in [6.07, 6.45) is 3.20. The molecule has 6 heteroatoms. The molecule has 3 N–H and O–H groups in total. The average Bonchev–Trinajstić information content (AvgIpc) is 2.73. The van der Waals surface area contributed by atoms with E-state index < -0.39 is 0 Å². The number of anilines is 1. The Morgan fingerprint density at radius 1 is 1.10 bits per heavy atom. The highest BCUT2D eigenvalue weighted by atomic mass is 16.5. The number of carbonyl (C=O) groups excluding carboxylic acids is 1. The number of nitrogens with one attached hydrogen (secondary N) is 2. The number of rotatable bonds is 7. The van der Waals surface area contributed by atoms with E-state index in [0.717, 1.165) is 42.5 Å². The molecule has 2 aromatic carbocycles. The molecule has 0 radical (unpaired) electrons. The van der Waals surface area contributed by atoms with Crippen LogP contribution in [-0.4, -0.2) is 37.4 Å². The van der Waals surface area contributed by atoms with Crippen molar-refractivity contribution in [3.05, 3.63) is 53.1 Å². The van der Waals surface area contributed by atoms with Gasteiger partial charge in [-0.25, -0.2) is 0 Å². The Bertz CT molecular complexity index is 845. The van der Waals surface area contributed by atoms with Gasteiger partial charge in [-0.1, -0.05) is 18.2 Å². The zero-order chi connectivity index (χ0) is 20.8. The molecule has 1 aliphatic rings. The van der Waals surface area contributed by atoms with E-state index in [2.05, 4.69) is 10.6 Å². The first-order valence-corrected chi connectivity index (χ1v) is 10.0. The van der Waals surface area contributed by atoms with E-state index in [1.807, 2.05) is 43.3 Å². The highest BCUT2D eigenvalue weighted by Gasteiger charge is 2.21. The molecule has 1 saturated carbocycles. The maximum atomic E-state index is 12.8. The van der Waals surface area contributed by atoms with Crippen molar-refractivity contribution in [3.63, 3.8) is 0 Å². The third-order valence-electron chi connectivity index (χ3n) is 5.41. The summed E-state index contributed by atoms with van der Waals surface area (Å²) in [5.74, 6) is 1.23. The highest BCUT2D eigenvalue weighted by molar-refractivity contribution is 5.99. The summed E-state index contributed by atoms with van der Waals surface area (Å²) in [6.45, 7) is 2.34. The monoisotopic (exact) mass is 398 g/mol. The first-order chi connectivity index (χ1) is 14.0. The van der Waals surface area contributed by atoms with Crippen LogP contribution in [0.3, 0.4) is 0 Å². The zero-order valence-corrected chi connectivity index (χ0v) is 17.3. The molecule has 2 aromatic rings. The summed E-state index contributed by atoms with van der Waals surface area (Å²) in [5, 5.41) is 16.2. The van der Waals surface area contributed by atoms with Gasteiger partial charge in [0.05, 0.1) is 25.9 Å². The van der Waals surface area contributed by atoms with Gasteiger partial charge in [0.1, 0.15) is 0 Å². The van der Waals surface area contributed by atoms with Gasteiger partial charge < -0.3 is 25.2 Å². The van der Waals surface area contributed by atoms with Gasteiger partial charge >= 0.3 is 0 Å². The van der Waals surface area contributed by atoms with Crippen LogP contribution < -0.4 is 20.1 Å². The summed E-state index contributed by atoms with van der Waals surface area (Å²) >= 11 is 0. The molecule has 0 unspecified atom stereocenters. The minimum atomic E-state index is -0.198. The third-order valence-corrected chi connectivity index (χ3v) is 5.41. The van der Waals surface area contributed by atoms with Crippen LogP contribution in [-0.2, 0) is 6.54 Å². The molecule has 0 heterocycles. The van der Waals surface area contributed by atoms with E-state index in [1.54, 1.807) is 14.2 Å². The summed E-state index contributed by atoms with van der Waals surface area (Å²) in [6, 6.07) is 11.7. The second-order valence-electron chi connectivity index (χ2n) is 7.53. The minimum Gasteiger partial charge on any atom is -0.493 e. The zero-order valence-electron chi connectivity index (χ0n) is 17.3. The second-order valence-corrected chi connectivity index (χ2v) is 7.53. The third kappa shape index (κ3) is 5.21. The molecule has 0 saturated heterocycles. The summed E-state index contributed by atoms with van der Waals surface area (Å²) in [5.41, 5.74) is 3.35. The van der Waals surface area contributed by atoms with Crippen molar-refractivity contribution in [1.82, 2.24) is 5.32 Å². The standard InChI is InChI=1S/C23H30N2O4/c1-15-12-16(13-21(28-2)22(15)29-3)14-24-23(27)19-6-4-5-7-20(19)25-17-8-10-18(26)11-9-17/h4-7,12-13,17-18,25-26H,8-11,14H2,1-3H3,(H,24,27). The number of methoxy groups -OCH3 is 2. The lowest BCUT2D eigenvalue weighted by Crippen LogP contribution is -2.30. The number of hydrogen-bond donors (Lipinski definition) is 3. The van der Waals surface area contributed by atoms with Crippen LogP contribution in [0, 0.1) is 6.92 Å². The Morgan fingerprint density at radius 3 is 2.52 bits per heavy atom. The molecular weight excluding hydrogens is 368 g/mol. The lowest BCUT2D eigenvalue weighted by molar-refractivity contribution is 0.0951. The summed E-state index contributed by atoms with van der Waals surface area (Å²) < 4.78 is 10.8. The van der Waals surface area contributed by atoms with E-state index in [1.165, 1.54) is 0 Å².